The molecule has 0 aromatic heterocycles. The largest absolute Gasteiger partial charge is 1.00 e. The van der Waals surface area contributed by atoms with Crippen LogP contribution in [0.4, 0.5) is 0 Å². The number of piperazine rings is 1. The van der Waals surface area contributed by atoms with Crippen LogP contribution >= 0.6 is 0 Å². The minimum Gasteiger partial charge on any atom is -1.00 e. The lowest BCUT2D eigenvalue weighted by molar-refractivity contribution is -0.00000913. The van der Waals surface area contributed by atoms with Crippen molar-refractivity contribution in [2.75, 3.05) is 39.9 Å². The summed E-state index contributed by atoms with van der Waals surface area (Å²) < 4.78 is 37.9. The maximum Gasteiger partial charge on any atom is 0.243 e. The Kier molecular flexibility index (Phi) is 8.12. The molecule has 1 heterocycles. The fraction of sp³-hybridized carbons (Fsp3) is 0.400. The zero-order chi connectivity index (χ0) is 19.3. The molecule has 154 valence electrons. The predicted octanol–water partition coefficient (Wildman–Crippen LogP) is -0.396. The van der Waals surface area contributed by atoms with Crippen LogP contribution in [0.1, 0.15) is 12.5 Å². The molecule has 1 aliphatic rings. The summed E-state index contributed by atoms with van der Waals surface area (Å²) in [4.78, 5) is 2.58. The normalized spacial score (nSPS) is 15.6. The molecule has 28 heavy (non-hydrogen) atoms. The number of methoxy groups -OCH3 is 1. The molecule has 0 radical (unpaired) electrons. The van der Waals surface area contributed by atoms with Crippen LogP contribution in [-0.4, -0.2) is 57.5 Å². The molecule has 8 heteroatoms. The summed E-state index contributed by atoms with van der Waals surface area (Å²) in [5.74, 6) is 1.52. The fourth-order valence-corrected chi connectivity index (χ4v) is 4.60. The first-order chi connectivity index (χ1) is 13.0. The van der Waals surface area contributed by atoms with Crippen molar-refractivity contribution in [1.29, 1.82) is 0 Å². The standard InChI is InChI=1S/C20H26N2O4S.ClH/c1-3-26-18-7-9-20(10-8-18)27(23,24)22-13-11-21(12-14-22)16-17-5-4-6-19(15-17)25-2;/h4-10,15H,3,11-14,16H2,1-2H3;1H/p-1. The average molecular weight is 426 g/mol. The van der Waals surface area contributed by atoms with Crippen molar-refractivity contribution < 1.29 is 30.3 Å². The maximum atomic E-state index is 12.9. The molecule has 0 saturated carbocycles. The molecule has 0 aliphatic carbocycles. The average Bonchev–Trinajstić information content (AvgIpc) is 2.69. The van der Waals surface area contributed by atoms with E-state index in [1.54, 1.807) is 35.7 Å². The van der Waals surface area contributed by atoms with Gasteiger partial charge in [-0.25, -0.2) is 8.42 Å². The molecule has 0 N–H and O–H groups in total. The first-order valence-electron chi connectivity index (χ1n) is 9.11. The van der Waals surface area contributed by atoms with E-state index in [4.69, 9.17) is 9.47 Å². The van der Waals surface area contributed by atoms with Gasteiger partial charge in [-0.05, 0) is 48.9 Å². The van der Waals surface area contributed by atoms with Gasteiger partial charge in [-0.2, -0.15) is 4.31 Å². The van der Waals surface area contributed by atoms with Crippen LogP contribution in [0.3, 0.4) is 0 Å². The Labute approximate surface area is 173 Å². The van der Waals surface area contributed by atoms with Crippen LogP contribution in [-0.2, 0) is 16.6 Å². The third-order valence-electron chi connectivity index (χ3n) is 4.64. The van der Waals surface area contributed by atoms with Crippen molar-refractivity contribution in [1.82, 2.24) is 9.21 Å². The van der Waals surface area contributed by atoms with Crippen LogP contribution in [0.15, 0.2) is 53.4 Å². The Morgan fingerprint density at radius 2 is 1.64 bits per heavy atom. The number of nitrogens with zero attached hydrogens (tertiary/aromatic N) is 2. The van der Waals surface area contributed by atoms with Crippen molar-refractivity contribution in [3.63, 3.8) is 0 Å². The van der Waals surface area contributed by atoms with Gasteiger partial charge in [0.1, 0.15) is 11.5 Å². The summed E-state index contributed by atoms with van der Waals surface area (Å²) in [5, 5.41) is 0. The van der Waals surface area contributed by atoms with Gasteiger partial charge in [0.2, 0.25) is 10.0 Å². The molecule has 2 aromatic carbocycles. The van der Waals surface area contributed by atoms with Crippen molar-refractivity contribution in [3.8, 4) is 11.5 Å². The maximum absolute atomic E-state index is 12.9. The molecule has 0 atom stereocenters. The molecule has 1 aliphatic heterocycles. The predicted molar refractivity (Wildman–Crippen MR) is 105 cm³/mol. The number of sulfonamides is 1. The van der Waals surface area contributed by atoms with E-state index in [2.05, 4.69) is 11.0 Å². The molecule has 0 bridgehead atoms. The highest BCUT2D eigenvalue weighted by Gasteiger charge is 2.28. The Balaban J connectivity index is 0.00000280. The summed E-state index contributed by atoms with van der Waals surface area (Å²) in [7, 11) is -1.81. The number of benzene rings is 2. The molecule has 3 rings (SSSR count). The van der Waals surface area contributed by atoms with Crippen LogP contribution in [0.5, 0.6) is 11.5 Å². The van der Waals surface area contributed by atoms with Gasteiger partial charge in [-0.15, -0.1) is 0 Å². The quantitative estimate of drug-likeness (QED) is 0.604. The smallest absolute Gasteiger partial charge is 0.243 e. The van der Waals surface area contributed by atoms with Crippen LogP contribution in [0.2, 0.25) is 0 Å². The molecule has 1 fully saturated rings. The van der Waals surface area contributed by atoms with Gasteiger partial charge in [0.25, 0.3) is 0 Å². The van der Waals surface area contributed by atoms with Crippen molar-refractivity contribution in [3.05, 3.63) is 54.1 Å². The Hall–Kier alpha value is -1.80. The van der Waals surface area contributed by atoms with E-state index >= 15 is 0 Å². The minimum atomic E-state index is -3.47. The van der Waals surface area contributed by atoms with Crippen LogP contribution < -0.4 is 21.9 Å². The number of hydrogen-bond donors (Lipinski definition) is 0. The van der Waals surface area contributed by atoms with E-state index in [-0.39, 0.29) is 12.4 Å². The van der Waals surface area contributed by atoms with Gasteiger partial charge >= 0.3 is 0 Å². The fourth-order valence-electron chi connectivity index (χ4n) is 3.18. The Bertz CT molecular complexity index is 851. The van der Waals surface area contributed by atoms with Crippen molar-refractivity contribution in [2.24, 2.45) is 0 Å². The zero-order valence-corrected chi connectivity index (χ0v) is 17.7. The van der Waals surface area contributed by atoms with Gasteiger partial charge in [0, 0.05) is 32.7 Å². The number of hydrogen-bond acceptors (Lipinski definition) is 5. The Morgan fingerprint density at radius 3 is 2.25 bits per heavy atom. The van der Waals surface area contributed by atoms with Gasteiger partial charge in [0.05, 0.1) is 18.6 Å². The molecular formula is C20H26ClN2O4S-. The highest BCUT2D eigenvalue weighted by molar-refractivity contribution is 7.89. The Morgan fingerprint density at radius 1 is 0.964 bits per heavy atom. The van der Waals surface area contributed by atoms with Crippen LogP contribution in [0.25, 0.3) is 0 Å². The zero-order valence-electron chi connectivity index (χ0n) is 16.2. The SMILES string of the molecule is CCOc1ccc(S(=O)(=O)N2CCN(Cc3cccc(OC)c3)CC2)cc1.[Cl-]. The molecule has 0 spiro atoms. The van der Waals surface area contributed by atoms with E-state index in [0.717, 1.165) is 17.9 Å². The van der Waals surface area contributed by atoms with E-state index in [1.807, 2.05) is 25.1 Å². The number of rotatable bonds is 7. The first-order valence-corrected chi connectivity index (χ1v) is 10.5. The second kappa shape index (κ2) is 10.1. The molecule has 6 nitrogen and oxygen atoms in total. The molecule has 2 aromatic rings. The van der Waals surface area contributed by atoms with E-state index in [0.29, 0.717) is 43.4 Å². The highest BCUT2D eigenvalue weighted by Crippen LogP contribution is 2.22. The molecule has 1 saturated heterocycles. The lowest BCUT2D eigenvalue weighted by atomic mass is 10.2. The lowest BCUT2D eigenvalue weighted by Gasteiger charge is -2.34. The topological polar surface area (TPSA) is 59.1 Å². The number of ether oxygens (including phenoxy) is 2. The van der Waals surface area contributed by atoms with E-state index in [9.17, 15) is 8.42 Å². The number of halogens is 1. The second-order valence-corrected chi connectivity index (χ2v) is 8.37. The second-order valence-electron chi connectivity index (χ2n) is 6.44. The lowest BCUT2D eigenvalue weighted by Crippen LogP contribution is -3.00. The summed E-state index contributed by atoms with van der Waals surface area (Å²) in [6, 6.07) is 14.6. The molecular weight excluding hydrogens is 400 g/mol. The summed E-state index contributed by atoms with van der Waals surface area (Å²) in [6.07, 6.45) is 0. The minimum absolute atomic E-state index is 0. The monoisotopic (exact) mass is 425 g/mol. The third kappa shape index (κ3) is 5.38. The van der Waals surface area contributed by atoms with Crippen molar-refractivity contribution >= 4 is 10.0 Å². The molecule has 0 amide bonds. The van der Waals surface area contributed by atoms with Crippen LogP contribution in [0, 0.1) is 0 Å². The summed E-state index contributed by atoms with van der Waals surface area (Å²) >= 11 is 0. The van der Waals surface area contributed by atoms with Gasteiger partial charge in [0.15, 0.2) is 0 Å². The summed E-state index contributed by atoms with van der Waals surface area (Å²) in [6.45, 7) is 5.62. The first kappa shape index (κ1) is 22.5. The highest BCUT2D eigenvalue weighted by atomic mass is 35.5. The van der Waals surface area contributed by atoms with Gasteiger partial charge in [-0.1, -0.05) is 12.1 Å². The summed E-state index contributed by atoms with van der Waals surface area (Å²) in [5.41, 5.74) is 1.16. The van der Waals surface area contributed by atoms with E-state index < -0.39 is 10.0 Å². The van der Waals surface area contributed by atoms with Crippen molar-refractivity contribution in [2.45, 2.75) is 18.4 Å². The van der Waals surface area contributed by atoms with Gasteiger partial charge < -0.3 is 21.9 Å². The van der Waals surface area contributed by atoms with Gasteiger partial charge in [-0.3, -0.25) is 4.90 Å². The molecule has 0 unspecified atom stereocenters. The van der Waals surface area contributed by atoms with E-state index in [1.165, 1.54) is 0 Å². The third-order valence-corrected chi connectivity index (χ3v) is 6.56.